The first-order chi connectivity index (χ1) is 16.9. The largest absolute Gasteiger partial charge is 0.309 e. The van der Waals surface area contributed by atoms with Crippen molar-refractivity contribution in [2.75, 3.05) is 11.9 Å². The van der Waals surface area contributed by atoms with Gasteiger partial charge in [-0.3, -0.25) is 4.79 Å². The van der Waals surface area contributed by atoms with E-state index in [9.17, 15) is 13.2 Å². The fraction of sp³-hybridized carbons (Fsp3) is 0.348. The average Bonchev–Trinajstić information content (AvgIpc) is 3.63. The number of rotatable bonds is 5. The molecule has 1 aliphatic carbocycles. The van der Waals surface area contributed by atoms with Crippen LogP contribution in [0.3, 0.4) is 0 Å². The van der Waals surface area contributed by atoms with Gasteiger partial charge < -0.3 is 5.32 Å². The van der Waals surface area contributed by atoms with Gasteiger partial charge in [-0.05, 0) is 56.4 Å². The number of hydrogen-bond donors (Lipinski definition) is 1. The number of amides is 1. The third-order valence-electron chi connectivity index (χ3n) is 6.48. The molecule has 1 fully saturated rings. The maximum Gasteiger partial charge on any atom is 0.253 e. The Morgan fingerprint density at radius 1 is 1.09 bits per heavy atom. The molecule has 1 unspecified atom stereocenters. The molecule has 1 aromatic carbocycles. The second-order valence-electron chi connectivity index (χ2n) is 8.68. The number of benzene rings is 1. The number of thiazole rings is 1. The van der Waals surface area contributed by atoms with Crippen molar-refractivity contribution in [1.82, 2.24) is 19.1 Å². The lowest BCUT2D eigenvalue weighted by molar-refractivity contribution is -0.120. The Morgan fingerprint density at radius 2 is 1.94 bits per heavy atom. The van der Waals surface area contributed by atoms with Crippen molar-refractivity contribution < 1.29 is 13.2 Å². The molecule has 6 rings (SSSR count). The third-order valence-corrected chi connectivity index (χ3v) is 11.1. The van der Waals surface area contributed by atoms with E-state index in [0.29, 0.717) is 34.7 Å². The number of hydrogen-bond acceptors (Lipinski definition) is 7. The number of para-hydroxylation sites is 1. The minimum atomic E-state index is -3.83. The number of carbonyl (C=O) groups excluding carboxylic acids is 1. The molecule has 4 aromatic rings. The SMILES string of the molecule is O=C(Nc1c2c(nn1-c1nc3ccccc3s1)CCC2)C1CCCCN1S(=O)(=O)c1ccc(Cl)s1. The van der Waals surface area contributed by atoms with Crippen molar-refractivity contribution in [2.45, 2.75) is 48.8 Å². The van der Waals surface area contributed by atoms with Crippen molar-refractivity contribution in [3.8, 4) is 5.13 Å². The summed E-state index contributed by atoms with van der Waals surface area (Å²) in [6, 6.07) is 10.1. The summed E-state index contributed by atoms with van der Waals surface area (Å²) in [5, 5.41) is 8.52. The molecule has 3 aromatic heterocycles. The molecule has 1 atom stereocenters. The molecule has 8 nitrogen and oxygen atoms in total. The fourth-order valence-electron chi connectivity index (χ4n) is 4.82. The van der Waals surface area contributed by atoms with Gasteiger partial charge in [-0.1, -0.05) is 41.5 Å². The summed E-state index contributed by atoms with van der Waals surface area (Å²) in [6.07, 6.45) is 4.59. The van der Waals surface area contributed by atoms with Gasteiger partial charge in [0.25, 0.3) is 10.0 Å². The van der Waals surface area contributed by atoms with E-state index in [1.165, 1.54) is 21.7 Å². The quantitative estimate of drug-likeness (QED) is 0.384. The van der Waals surface area contributed by atoms with E-state index >= 15 is 0 Å². The van der Waals surface area contributed by atoms with Gasteiger partial charge in [0.15, 0.2) is 0 Å². The topological polar surface area (TPSA) is 97.2 Å². The smallest absolute Gasteiger partial charge is 0.253 e. The number of fused-ring (bicyclic) bond motifs is 2. The molecule has 4 heterocycles. The van der Waals surface area contributed by atoms with Gasteiger partial charge in [0.1, 0.15) is 16.1 Å². The highest BCUT2D eigenvalue weighted by Gasteiger charge is 2.39. The third kappa shape index (κ3) is 4.09. The predicted octanol–water partition coefficient (Wildman–Crippen LogP) is 4.87. The Labute approximate surface area is 215 Å². The number of nitrogens with one attached hydrogen (secondary N) is 1. The fourth-order valence-corrected chi connectivity index (χ4v) is 9.01. The lowest BCUT2D eigenvalue weighted by atomic mass is 10.0. The van der Waals surface area contributed by atoms with Gasteiger partial charge in [-0.15, -0.1) is 11.3 Å². The van der Waals surface area contributed by atoms with Gasteiger partial charge in [-0.2, -0.15) is 14.1 Å². The van der Waals surface area contributed by atoms with Gasteiger partial charge in [0.2, 0.25) is 11.0 Å². The first kappa shape index (κ1) is 23.1. The summed E-state index contributed by atoms with van der Waals surface area (Å²) in [7, 11) is -3.83. The number of anilines is 1. The van der Waals surface area contributed by atoms with E-state index in [0.717, 1.165) is 58.5 Å². The lowest BCUT2D eigenvalue weighted by Gasteiger charge is -2.33. The van der Waals surface area contributed by atoms with Crippen LogP contribution in [-0.2, 0) is 27.7 Å². The van der Waals surface area contributed by atoms with Crippen LogP contribution in [0.15, 0.2) is 40.6 Å². The van der Waals surface area contributed by atoms with Crippen LogP contribution >= 0.6 is 34.3 Å². The summed E-state index contributed by atoms with van der Waals surface area (Å²) < 4.78 is 31.4. The number of aryl methyl sites for hydroxylation is 1. The van der Waals surface area contributed by atoms with Gasteiger partial charge >= 0.3 is 0 Å². The van der Waals surface area contributed by atoms with Gasteiger partial charge in [0, 0.05) is 12.1 Å². The second-order valence-corrected chi connectivity index (χ2v) is 13.5. The first-order valence-electron chi connectivity index (χ1n) is 11.5. The molecule has 1 aliphatic heterocycles. The highest BCUT2D eigenvalue weighted by Crippen LogP contribution is 2.35. The molecule has 2 aliphatic rings. The molecule has 182 valence electrons. The Morgan fingerprint density at radius 3 is 2.74 bits per heavy atom. The minimum absolute atomic E-state index is 0.155. The molecule has 0 saturated carbocycles. The maximum atomic E-state index is 13.6. The number of carbonyl (C=O) groups is 1. The predicted molar refractivity (Wildman–Crippen MR) is 138 cm³/mol. The summed E-state index contributed by atoms with van der Waals surface area (Å²) in [5.74, 6) is 0.261. The van der Waals surface area contributed by atoms with Crippen molar-refractivity contribution >= 4 is 66.2 Å². The molecule has 1 N–H and O–H groups in total. The highest BCUT2D eigenvalue weighted by molar-refractivity contribution is 7.91. The standard InChI is InChI=1S/C23H22ClN5O3S3/c24-19-11-12-20(34-19)35(31,32)28-13-4-3-9-17(28)22(30)26-21-14-6-5-8-15(14)27-29(21)23-25-16-7-1-2-10-18(16)33-23/h1-2,7,10-12,17H,3-6,8-9,13H2,(H,26,30). The Kier molecular flexibility index (Phi) is 5.92. The number of sulfonamides is 1. The number of aromatic nitrogens is 3. The van der Waals surface area contributed by atoms with E-state index in [1.54, 1.807) is 10.7 Å². The van der Waals surface area contributed by atoms with Crippen LogP contribution < -0.4 is 5.32 Å². The zero-order valence-corrected chi connectivity index (χ0v) is 21.8. The Bertz CT molecular complexity index is 1510. The second kappa shape index (κ2) is 8.97. The molecule has 12 heteroatoms. The van der Waals surface area contributed by atoms with Crippen LogP contribution in [0.25, 0.3) is 15.3 Å². The summed E-state index contributed by atoms with van der Waals surface area (Å²) >= 11 is 8.52. The number of thiophene rings is 1. The summed E-state index contributed by atoms with van der Waals surface area (Å²) in [4.78, 5) is 18.3. The van der Waals surface area contributed by atoms with Crippen LogP contribution in [0.2, 0.25) is 4.34 Å². The van der Waals surface area contributed by atoms with Crippen LogP contribution in [0.1, 0.15) is 36.9 Å². The minimum Gasteiger partial charge on any atom is -0.309 e. The first-order valence-corrected chi connectivity index (χ1v) is 14.9. The van der Waals surface area contributed by atoms with E-state index in [1.807, 2.05) is 24.3 Å². The zero-order valence-electron chi connectivity index (χ0n) is 18.6. The zero-order chi connectivity index (χ0) is 24.2. The van der Waals surface area contributed by atoms with Crippen LogP contribution in [-0.4, -0.2) is 46.0 Å². The lowest BCUT2D eigenvalue weighted by Crippen LogP contribution is -2.49. The molecule has 0 radical (unpaired) electrons. The molecule has 0 bridgehead atoms. The molecule has 0 spiro atoms. The summed E-state index contributed by atoms with van der Waals surface area (Å²) in [6.45, 7) is 0.297. The van der Waals surface area contributed by atoms with E-state index in [4.69, 9.17) is 21.7 Å². The normalized spacial score (nSPS) is 18.7. The molecule has 35 heavy (non-hydrogen) atoms. The van der Waals surface area contributed by atoms with Crippen LogP contribution in [0.4, 0.5) is 5.82 Å². The van der Waals surface area contributed by atoms with Crippen molar-refractivity contribution in [3.05, 3.63) is 52.0 Å². The van der Waals surface area contributed by atoms with E-state index in [2.05, 4.69) is 5.32 Å². The number of nitrogens with zero attached hydrogens (tertiary/aromatic N) is 4. The molecular formula is C23H22ClN5O3S3. The molecular weight excluding hydrogens is 526 g/mol. The van der Waals surface area contributed by atoms with E-state index < -0.39 is 16.1 Å². The Hall–Kier alpha value is -2.31. The average molecular weight is 548 g/mol. The van der Waals surface area contributed by atoms with Crippen molar-refractivity contribution in [1.29, 1.82) is 0 Å². The van der Waals surface area contributed by atoms with Crippen LogP contribution in [0, 0.1) is 0 Å². The highest BCUT2D eigenvalue weighted by atomic mass is 35.5. The Balaban J connectivity index is 1.35. The van der Waals surface area contributed by atoms with Gasteiger partial charge in [-0.25, -0.2) is 13.4 Å². The van der Waals surface area contributed by atoms with Crippen molar-refractivity contribution in [2.24, 2.45) is 0 Å². The maximum absolute atomic E-state index is 13.6. The van der Waals surface area contributed by atoms with E-state index in [-0.39, 0.29) is 10.1 Å². The molecule has 1 amide bonds. The monoisotopic (exact) mass is 547 g/mol. The number of piperidine rings is 1. The molecule has 1 saturated heterocycles. The number of halogens is 1. The van der Waals surface area contributed by atoms with Crippen LogP contribution in [0.5, 0.6) is 0 Å². The van der Waals surface area contributed by atoms with Gasteiger partial charge in [0.05, 0.1) is 20.2 Å². The van der Waals surface area contributed by atoms with Crippen molar-refractivity contribution in [3.63, 3.8) is 0 Å². The summed E-state index contributed by atoms with van der Waals surface area (Å²) in [5.41, 5.74) is 2.84.